The molecule has 0 aliphatic carbocycles. The molecule has 0 fully saturated rings. The summed E-state index contributed by atoms with van der Waals surface area (Å²) >= 11 is 0. The van der Waals surface area contributed by atoms with Crippen LogP contribution in [0.25, 0.3) is 0 Å². The Bertz CT molecular complexity index is 274. The fourth-order valence-corrected chi connectivity index (χ4v) is 1.99. The maximum atomic E-state index is 8.91. The maximum absolute atomic E-state index is 8.91. The molecule has 1 nitrogen and oxygen atoms in total. The standard InChI is InChI=1S/C10H12NS/c1-12(2)10(8-11)9-6-4-3-5-7-9/h3-7,10H,1-2H3/q+1. The molecule has 0 saturated carbocycles. The summed E-state index contributed by atoms with van der Waals surface area (Å²) in [5.74, 6) is 0. The van der Waals surface area contributed by atoms with Crippen molar-refractivity contribution < 1.29 is 0 Å². The van der Waals surface area contributed by atoms with Crippen molar-refractivity contribution in [1.82, 2.24) is 0 Å². The summed E-state index contributed by atoms with van der Waals surface area (Å²) in [7, 11) is 0.135. The van der Waals surface area contributed by atoms with Gasteiger partial charge in [-0.05, 0) is 0 Å². The van der Waals surface area contributed by atoms with E-state index in [9.17, 15) is 0 Å². The van der Waals surface area contributed by atoms with E-state index in [0.717, 1.165) is 5.56 Å². The zero-order valence-corrected chi connectivity index (χ0v) is 8.14. The molecule has 0 amide bonds. The minimum Gasteiger partial charge on any atom is -0.192 e. The Hall–Kier alpha value is -0.940. The lowest BCUT2D eigenvalue weighted by atomic mass is 10.2. The topological polar surface area (TPSA) is 23.8 Å². The normalized spacial score (nSPS) is 12.5. The number of nitriles is 1. The molecule has 0 aromatic heterocycles. The van der Waals surface area contributed by atoms with Crippen molar-refractivity contribution in [2.45, 2.75) is 5.25 Å². The van der Waals surface area contributed by atoms with Gasteiger partial charge in [-0.25, -0.2) is 0 Å². The molecule has 0 radical (unpaired) electrons. The van der Waals surface area contributed by atoms with Crippen molar-refractivity contribution in [2.75, 3.05) is 12.5 Å². The molecular formula is C10H12NS+. The lowest BCUT2D eigenvalue weighted by molar-refractivity contribution is 1.22. The van der Waals surface area contributed by atoms with Gasteiger partial charge in [0.1, 0.15) is 6.07 Å². The number of nitrogens with zero attached hydrogens (tertiary/aromatic N) is 1. The summed E-state index contributed by atoms with van der Waals surface area (Å²) in [4.78, 5) is 0. The second-order valence-electron chi connectivity index (χ2n) is 2.80. The summed E-state index contributed by atoms with van der Waals surface area (Å²) in [6.07, 6.45) is 4.20. The van der Waals surface area contributed by atoms with E-state index in [2.05, 4.69) is 18.6 Å². The third kappa shape index (κ3) is 2.02. The predicted octanol–water partition coefficient (Wildman–Crippen LogP) is 2.13. The molecule has 62 valence electrons. The van der Waals surface area contributed by atoms with Gasteiger partial charge in [-0.2, -0.15) is 5.26 Å². The van der Waals surface area contributed by atoms with Crippen LogP contribution in [0.15, 0.2) is 30.3 Å². The van der Waals surface area contributed by atoms with Crippen LogP contribution >= 0.6 is 0 Å². The average molecular weight is 178 g/mol. The first kappa shape index (κ1) is 9.15. The number of benzene rings is 1. The van der Waals surface area contributed by atoms with E-state index < -0.39 is 0 Å². The molecule has 1 aromatic carbocycles. The Morgan fingerprint density at radius 2 is 1.83 bits per heavy atom. The number of hydrogen-bond donors (Lipinski definition) is 0. The monoisotopic (exact) mass is 178 g/mol. The Morgan fingerprint density at radius 1 is 1.25 bits per heavy atom. The molecule has 2 heteroatoms. The van der Waals surface area contributed by atoms with Gasteiger partial charge in [-0.15, -0.1) is 0 Å². The molecule has 0 N–H and O–H groups in total. The molecule has 0 heterocycles. The summed E-state index contributed by atoms with van der Waals surface area (Å²) < 4.78 is 0. The van der Waals surface area contributed by atoms with Crippen LogP contribution in [0.3, 0.4) is 0 Å². The Morgan fingerprint density at radius 3 is 2.25 bits per heavy atom. The van der Waals surface area contributed by atoms with Crippen LogP contribution in [0.2, 0.25) is 0 Å². The van der Waals surface area contributed by atoms with Gasteiger partial charge in [-0.1, -0.05) is 30.3 Å². The molecule has 12 heavy (non-hydrogen) atoms. The van der Waals surface area contributed by atoms with E-state index in [1.54, 1.807) is 0 Å². The van der Waals surface area contributed by atoms with Gasteiger partial charge in [0.05, 0.1) is 12.5 Å². The Kier molecular flexibility index (Phi) is 3.19. The lowest BCUT2D eigenvalue weighted by Crippen LogP contribution is -2.07. The van der Waals surface area contributed by atoms with Gasteiger partial charge in [0.2, 0.25) is 5.25 Å². The zero-order chi connectivity index (χ0) is 8.97. The second kappa shape index (κ2) is 4.18. The van der Waals surface area contributed by atoms with E-state index in [1.807, 2.05) is 30.3 Å². The van der Waals surface area contributed by atoms with Crippen molar-refractivity contribution in [3.05, 3.63) is 35.9 Å². The minimum absolute atomic E-state index is 0.0613. The van der Waals surface area contributed by atoms with Crippen LogP contribution in [0, 0.1) is 11.3 Å². The third-order valence-electron chi connectivity index (χ3n) is 1.69. The molecule has 0 spiro atoms. The Labute approximate surface area is 76.4 Å². The first-order valence-electron chi connectivity index (χ1n) is 3.76. The van der Waals surface area contributed by atoms with E-state index in [4.69, 9.17) is 5.26 Å². The highest BCUT2D eigenvalue weighted by molar-refractivity contribution is 7.95. The van der Waals surface area contributed by atoms with E-state index in [0.29, 0.717) is 0 Å². The molecule has 1 aromatic rings. The largest absolute Gasteiger partial charge is 0.227 e. The highest BCUT2D eigenvalue weighted by Crippen LogP contribution is 2.19. The highest BCUT2D eigenvalue weighted by Gasteiger charge is 2.22. The quantitative estimate of drug-likeness (QED) is 0.636. The van der Waals surface area contributed by atoms with Crippen LogP contribution in [0.5, 0.6) is 0 Å². The summed E-state index contributed by atoms with van der Waals surface area (Å²) in [6.45, 7) is 0. The van der Waals surface area contributed by atoms with Crippen molar-refractivity contribution in [3.8, 4) is 6.07 Å². The van der Waals surface area contributed by atoms with E-state index in [-0.39, 0.29) is 16.1 Å². The first-order valence-corrected chi connectivity index (χ1v) is 5.87. The maximum Gasteiger partial charge on any atom is 0.227 e. The van der Waals surface area contributed by atoms with Gasteiger partial charge in [0.15, 0.2) is 0 Å². The van der Waals surface area contributed by atoms with E-state index in [1.165, 1.54) is 0 Å². The third-order valence-corrected chi connectivity index (χ3v) is 3.01. The second-order valence-corrected chi connectivity index (χ2v) is 5.03. The molecular weight excluding hydrogens is 166 g/mol. The van der Waals surface area contributed by atoms with Gasteiger partial charge in [-0.3, -0.25) is 0 Å². The van der Waals surface area contributed by atoms with Gasteiger partial charge < -0.3 is 0 Å². The molecule has 1 rings (SSSR count). The van der Waals surface area contributed by atoms with E-state index >= 15 is 0 Å². The minimum atomic E-state index is 0.0613. The van der Waals surface area contributed by atoms with Crippen LogP contribution in [-0.2, 0) is 10.9 Å². The van der Waals surface area contributed by atoms with Crippen molar-refractivity contribution in [2.24, 2.45) is 0 Å². The van der Waals surface area contributed by atoms with Crippen LogP contribution in [0.4, 0.5) is 0 Å². The average Bonchev–Trinajstić information content (AvgIpc) is 2.07. The summed E-state index contributed by atoms with van der Waals surface area (Å²) in [5, 5.41) is 8.97. The van der Waals surface area contributed by atoms with Crippen molar-refractivity contribution in [3.63, 3.8) is 0 Å². The number of rotatable bonds is 2. The molecule has 0 bridgehead atoms. The van der Waals surface area contributed by atoms with Gasteiger partial charge in [0, 0.05) is 16.5 Å². The molecule has 0 aliphatic rings. The molecule has 0 aliphatic heterocycles. The lowest BCUT2D eigenvalue weighted by Gasteiger charge is -2.04. The number of hydrogen-bond acceptors (Lipinski definition) is 1. The van der Waals surface area contributed by atoms with Crippen LogP contribution in [0.1, 0.15) is 10.8 Å². The summed E-state index contributed by atoms with van der Waals surface area (Å²) in [5.41, 5.74) is 1.13. The fourth-order valence-electron chi connectivity index (χ4n) is 1.08. The van der Waals surface area contributed by atoms with Crippen molar-refractivity contribution >= 4 is 10.9 Å². The van der Waals surface area contributed by atoms with Crippen LogP contribution in [-0.4, -0.2) is 12.5 Å². The smallest absolute Gasteiger partial charge is 0.192 e. The van der Waals surface area contributed by atoms with Crippen molar-refractivity contribution in [1.29, 1.82) is 5.26 Å². The fraction of sp³-hybridized carbons (Fsp3) is 0.300. The molecule has 0 saturated heterocycles. The molecule has 1 unspecified atom stereocenters. The van der Waals surface area contributed by atoms with Crippen LogP contribution < -0.4 is 0 Å². The molecule has 1 atom stereocenters. The first-order chi connectivity index (χ1) is 5.75. The van der Waals surface area contributed by atoms with Gasteiger partial charge >= 0.3 is 0 Å². The Balaban J connectivity index is 2.90. The predicted molar refractivity (Wildman–Crippen MR) is 54.0 cm³/mol. The zero-order valence-electron chi connectivity index (χ0n) is 7.32. The van der Waals surface area contributed by atoms with Gasteiger partial charge in [0.25, 0.3) is 0 Å². The summed E-state index contributed by atoms with van der Waals surface area (Å²) in [6, 6.07) is 12.3. The SMILES string of the molecule is C[S+](C)C(C#N)c1ccccc1. The highest BCUT2D eigenvalue weighted by atomic mass is 32.2.